The lowest BCUT2D eigenvalue weighted by Crippen LogP contribution is -2.15. The van der Waals surface area contributed by atoms with E-state index >= 15 is 0 Å². The minimum Gasteiger partial charge on any atom is -0.481 e. The van der Waals surface area contributed by atoms with E-state index in [4.69, 9.17) is 27.9 Å². The Labute approximate surface area is 208 Å². The lowest BCUT2D eigenvalue weighted by atomic mass is 10.3. The Morgan fingerprint density at radius 2 is 2.12 bits per heavy atom. The van der Waals surface area contributed by atoms with Gasteiger partial charge in [0.1, 0.15) is 5.75 Å². The average molecular weight is 520 g/mol. The van der Waals surface area contributed by atoms with Crippen LogP contribution < -0.4 is 10.1 Å². The Morgan fingerprint density at radius 1 is 1.30 bits per heavy atom. The van der Waals surface area contributed by atoms with Gasteiger partial charge in [-0.1, -0.05) is 64.5 Å². The molecule has 170 valence electrons. The van der Waals surface area contributed by atoms with Crippen molar-refractivity contribution in [3.8, 4) is 5.75 Å². The lowest BCUT2D eigenvalue weighted by Gasteiger charge is -2.16. The van der Waals surface area contributed by atoms with Gasteiger partial charge in [-0.3, -0.25) is 9.36 Å². The highest BCUT2D eigenvalue weighted by Crippen LogP contribution is 2.32. The Balaban J connectivity index is 1.43. The van der Waals surface area contributed by atoms with Crippen molar-refractivity contribution in [2.24, 2.45) is 0 Å². The third-order valence-electron chi connectivity index (χ3n) is 4.49. The van der Waals surface area contributed by atoms with Gasteiger partial charge in [-0.15, -0.1) is 16.8 Å². The van der Waals surface area contributed by atoms with Crippen LogP contribution in [0.4, 0.5) is 5.13 Å². The number of thiazole rings is 1. The molecular formula is C22H19Cl2N5O2S2. The third kappa shape index (κ3) is 5.67. The number of carbonyl (C=O) groups excluding carboxylic acids is 1. The number of para-hydroxylation sites is 1. The summed E-state index contributed by atoms with van der Waals surface area (Å²) < 4.78 is 8.85. The van der Waals surface area contributed by atoms with Crippen LogP contribution in [0.2, 0.25) is 10.0 Å². The summed E-state index contributed by atoms with van der Waals surface area (Å²) in [7, 11) is 0. The van der Waals surface area contributed by atoms with Crippen LogP contribution in [-0.4, -0.2) is 31.4 Å². The second kappa shape index (κ2) is 10.6. The molecule has 0 spiro atoms. The van der Waals surface area contributed by atoms with E-state index in [2.05, 4.69) is 27.1 Å². The van der Waals surface area contributed by atoms with E-state index in [1.165, 1.54) is 23.1 Å². The zero-order chi connectivity index (χ0) is 23.4. The summed E-state index contributed by atoms with van der Waals surface area (Å²) in [4.78, 5) is 16.9. The molecule has 1 unspecified atom stereocenters. The van der Waals surface area contributed by atoms with Crippen LogP contribution in [0.1, 0.15) is 18.9 Å². The molecule has 4 rings (SSSR count). The normalized spacial score (nSPS) is 12.0. The molecule has 0 saturated heterocycles. The van der Waals surface area contributed by atoms with Gasteiger partial charge in [0.2, 0.25) is 5.91 Å². The molecule has 0 aliphatic heterocycles. The minimum absolute atomic E-state index is 0.153. The first-order valence-electron chi connectivity index (χ1n) is 9.88. The smallest absolute Gasteiger partial charge is 0.236 e. The van der Waals surface area contributed by atoms with E-state index in [9.17, 15) is 4.79 Å². The van der Waals surface area contributed by atoms with Gasteiger partial charge >= 0.3 is 0 Å². The minimum atomic E-state index is -0.459. The number of fused-ring (bicyclic) bond motifs is 1. The van der Waals surface area contributed by atoms with Crippen molar-refractivity contribution in [1.29, 1.82) is 0 Å². The molecule has 0 fully saturated rings. The van der Waals surface area contributed by atoms with Gasteiger partial charge in [-0.2, -0.15) is 0 Å². The summed E-state index contributed by atoms with van der Waals surface area (Å²) in [6.45, 7) is 6.11. The number of hydrogen-bond acceptors (Lipinski definition) is 7. The number of nitrogens with one attached hydrogen (secondary N) is 1. The molecule has 7 nitrogen and oxygen atoms in total. The van der Waals surface area contributed by atoms with Crippen molar-refractivity contribution in [2.75, 3.05) is 11.1 Å². The summed E-state index contributed by atoms with van der Waals surface area (Å²) in [5.41, 5.74) is 0.856. The fourth-order valence-corrected chi connectivity index (χ4v) is 4.99. The number of rotatable bonds is 9. The number of halogens is 2. The molecule has 1 atom stereocenters. The summed E-state index contributed by atoms with van der Waals surface area (Å²) in [5.74, 6) is 1.01. The van der Waals surface area contributed by atoms with Gasteiger partial charge in [-0.25, -0.2) is 4.98 Å². The number of amides is 1. The van der Waals surface area contributed by atoms with Gasteiger partial charge < -0.3 is 10.1 Å². The second-order valence-electron chi connectivity index (χ2n) is 6.90. The molecular weight excluding hydrogens is 501 g/mol. The fourth-order valence-electron chi connectivity index (χ4n) is 3.03. The van der Waals surface area contributed by atoms with E-state index in [1.807, 2.05) is 35.8 Å². The molecule has 1 N–H and O–H groups in total. The molecule has 11 heteroatoms. The van der Waals surface area contributed by atoms with Crippen molar-refractivity contribution in [2.45, 2.75) is 24.7 Å². The molecule has 0 bridgehead atoms. The molecule has 1 amide bonds. The number of hydrogen-bond donors (Lipinski definition) is 1. The molecule has 2 heterocycles. The van der Waals surface area contributed by atoms with E-state index in [0.29, 0.717) is 38.5 Å². The maximum atomic E-state index is 12.5. The topological polar surface area (TPSA) is 81.9 Å². The summed E-state index contributed by atoms with van der Waals surface area (Å²) in [6, 6.07) is 12.7. The van der Waals surface area contributed by atoms with Crippen molar-refractivity contribution >= 4 is 67.6 Å². The van der Waals surface area contributed by atoms with Crippen LogP contribution in [0.5, 0.6) is 5.75 Å². The quantitative estimate of drug-likeness (QED) is 0.208. The van der Waals surface area contributed by atoms with Crippen LogP contribution in [-0.2, 0) is 11.3 Å². The van der Waals surface area contributed by atoms with Crippen molar-refractivity contribution in [1.82, 2.24) is 19.7 Å². The highest BCUT2D eigenvalue weighted by atomic mass is 35.5. The Morgan fingerprint density at radius 3 is 2.91 bits per heavy atom. The highest BCUT2D eigenvalue weighted by molar-refractivity contribution is 7.99. The lowest BCUT2D eigenvalue weighted by molar-refractivity contribution is -0.113. The summed E-state index contributed by atoms with van der Waals surface area (Å²) in [5, 5.41) is 13.5. The monoisotopic (exact) mass is 519 g/mol. The number of anilines is 1. The van der Waals surface area contributed by atoms with Gasteiger partial charge in [-0.05, 0) is 31.2 Å². The second-order valence-corrected chi connectivity index (χ2v) is 9.72. The number of benzene rings is 2. The summed E-state index contributed by atoms with van der Waals surface area (Å²) >= 11 is 15.0. The molecule has 4 aromatic rings. The van der Waals surface area contributed by atoms with Crippen LogP contribution in [0.15, 0.2) is 60.3 Å². The highest BCUT2D eigenvalue weighted by Gasteiger charge is 2.21. The van der Waals surface area contributed by atoms with E-state index in [-0.39, 0.29) is 11.7 Å². The number of aromatic nitrogens is 4. The first-order valence-corrected chi connectivity index (χ1v) is 12.4. The molecule has 33 heavy (non-hydrogen) atoms. The molecule has 0 aliphatic carbocycles. The first-order chi connectivity index (χ1) is 15.9. The predicted molar refractivity (Wildman–Crippen MR) is 135 cm³/mol. The van der Waals surface area contributed by atoms with Crippen LogP contribution in [0.25, 0.3) is 10.2 Å². The Hall–Kier alpha value is -2.59. The standard InChI is InChI=1S/C22H19Cl2N5O2S2/c1-3-10-29-20(13(2)31-17-11-14(23)8-9-15(17)24)27-28-22(29)32-12-19(30)26-21-25-16-6-4-5-7-18(16)33-21/h3-9,11,13H,1,10,12H2,2H3,(H,25,26,30). The Kier molecular flexibility index (Phi) is 7.54. The van der Waals surface area contributed by atoms with E-state index in [0.717, 1.165) is 10.2 Å². The molecule has 0 saturated carbocycles. The van der Waals surface area contributed by atoms with Crippen LogP contribution in [0, 0.1) is 0 Å². The zero-order valence-electron chi connectivity index (χ0n) is 17.5. The van der Waals surface area contributed by atoms with Crippen LogP contribution >= 0.6 is 46.3 Å². The number of thioether (sulfide) groups is 1. The first kappa shape index (κ1) is 23.6. The van der Waals surface area contributed by atoms with Crippen molar-refractivity contribution < 1.29 is 9.53 Å². The zero-order valence-corrected chi connectivity index (χ0v) is 20.6. The van der Waals surface area contributed by atoms with Gasteiger partial charge in [0.15, 0.2) is 22.2 Å². The number of carbonyl (C=O) groups is 1. The van der Waals surface area contributed by atoms with E-state index in [1.54, 1.807) is 24.3 Å². The fraction of sp³-hybridized carbons (Fsp3) is 0.182. The predicted octanol–water partition coefficient (Wildman–Crippen LogP) is 6.25. The maximum absolute atomic E-state index is 12.5. The van der Waals surface area contributed by atoms with E-state index < -0.39 is 6.10 Å². The van der Waals surface area contributed by atoms with Gasteiger partial charge in [0.25, 0.3) is 0 Å². The Bertz CT molecular complexity index is 1270. The molecule has 2 aromatic heterocycles. The van der Waals surface area contributed by atoms with Gasteiger partial charge in [0.05, 0.1) is 21.0 Å². The summed E-state index contributed by atoms with van der Waals surface area (Å²) in [6.07, 6.45) is 1.27. The average Bonchev–Trinajstić information content (AvgIpc) is 3.38. The molecule has 2 aromatic carbocycles. The molecule has 0 radical (unpaired) electrons. The van der Waals surface area contributed by atoms with Gasteiger partial charge in [0, 0.05) is 17.6 Å². The van der Waals surface area contributed by atoms with Crippen molar-refractivity contribution in [3.05, 3.63) is 71.0 Å². The largest absolute Gasteiger partial charge is 0.481 e. The number of allylic oxidation sites excluding steroid dienone is 1. The molecule has 0 aliphatic rings. The third-order valence-corrected chi connectivity index (χ3v) is 6.96. The van der Waals surface area contributed by atoms with Crippen LogP contribution in [0.3, 0.4) is 0 Å². The SMILES string of the molecule is C=CCn1c(SCC(=O)Nc2nc3ccccc3s2)nnc1C(C)Oc1cc(Cl)ccc1Cl. The maximum Gasteiger partial charge on any atom is 0.236 e. The number of ether oxygens (including phenoxy) is 1. The van der Waals surface area contributed by atoms with Crippen molar-refractivity contribution in [3.63, 3.8) is 0 Å². The number of nitrogens with zero attached hydrogens (tertiary/aromatic N) is 4.